The van der Waals surface area contributed by atoms with Crippen LogP contribution in [0.1, 0.15) is 65.9 Å². The maximum absolute atomic E-state index is 11.9. The van der Waals surface area contributed by atoms with Crippen LogP contribution < -0.4 is 0 Å². The minimum Gasteiger partial charge on any atom is -0.508 e. The average molecular weight is 435 g/mol. The molecule has 1 aliphatic rings. The second-order valence-electron chi connectivity index (χ2n) is 9.33. The molecule has 32 heavy (non-hydrogen) atoms. The van der Waals surface area contributed by atoms with Crippen LogP contribution in [0, 0.1) is 5.41 Å². The van der Waals surface area contributed by atoms with E-state index in [-0.39, 0.29) is 23.7 Å². The summed E-state index contributed by atoms with van der Waals surface area (Å²) in [7, 11) is 0. The number of esters is 1. The van der Waals surface area contributed by atoms with Crippen molar-refractivity contribution in [1.29, 1.82) is 0 Å². The van der Waals surface area contributed by atoms with Crippen LogP contribution in [0.2, 0.25) is 0 Å². The van der Waals surface area contributed by atoms with Crippen LogP contribution in [0.25, 0.3) is 0 Å². The first-order valence-electron chi connectivity index (χ1n) is 11.5. The highest BCUT2D eigenvalue weighted by molar-refractivity contribution is 5.69. The van der Waals surface area contributed by atoms with Gasteiger partial charge in [0.05, 0.1) is 0 Å². The van der Waals surface area contributed by atoms with Gasteiger partial charge in [-0.25, -0.2) is 0 Å². The Balaban J connectivity index is 1.77. The fourth-order valence-electron chi connectivity index (χ4n) is 3.95. The van der Waals surface area contributed by atoms with Gasteiger partial charge in [0.25, 0.3) is 0 Å². The third-order valence-electron chi connectivity index (χ3n) is 5.98. The molecule has 0 radical (unpaired) electrons. The number of carbonyl (C=O) groups is 1. The molecule has 1 aliphatic carbocycles. The monoisotopic (exact) mass is 434 g/mol. The molecule has 0 fully saturated rings. The first-order valence-corrected chi connectivity index (χ1v) is 11.5. The normalized spacial score (nSPS) is 17.4. The number of phenolic OH excluding ortho intramolecular Hbond substituents is 1. The summed E-state index contributed by atoms with van der Waals surface area (Å²) in [4.78, 5) is 11.9. The van der Waals surface area contributed by atoms with Gasteiger partial charge in [0.2, 0.25) is 0 Å². The van der Waals surface area contributed by atoms with E-state index < -0.39 is 0 Å². The van der Waals surface area contributed by atoms with Gasteiger partial charge in [-0.2, -0.15) is 0 Å². The van der Waals surface area contributed by atoms with Crippen LogP contribution in [-0.4, -0.2) is 17.7 Å². The maximum atomic E-state index is 11.9. The summed E-state index contributed by atoms with van der Waals surface area (Å²) in [6.07, 6.45) is 17.2. The van der Waals surface area contributed by atoms with Gasteiger partial charge in [0, 0.05) is 6.42 Å². The van der Waals surface area contributed by atoms with E-state index in [4.69, 9.17) is 4.74 Å². The molecule has 3 heteroatoms. The van der Waals surface area contributed by atoms with Crippen molar-refractivity contribution in [1.82, 2.24) is 0 Å². The lowest BCUT2D eigenvalue weighted by molar-refractivity contribution is -0.142. The van der Waals surface area contributed by atoms with E-state index in [2.05, 4.69) is 45.9 Å². The summed E-state index contributed by atoms with van der Waals surface area (Å²) < 4.78 is 5.29. The number of benzene rings is 1. The highest BCUT2D eigenvalue weighted by Crippen LogP contribution is 2.40. The molecule has 0 heterocycles. The van der Waals surface area contributed by atoms with Crippen LogP contribution in [-0.2, 0) is 16.0 Å². The summed E-state index contributed by atoms with van der Waals surface area (Å²) in [5.74, 6) is 0.00827. The van der Waals surface area contributed by atoms with Crippen molar-refractivity contribution in [2.75, 3.05) is 6.61 Å². The Bertz CT molecular complexity index is 922. The Morgan fingerprint density at radius 1 is 1.12 bits per heavy atom. The van der Waals surface area contributed by atoms with Gasteiger partial charge in [0.15, 0.2) is 0 Å². The summed E-state index contributed by atoms with van der Waals surface area (Å²) >= 11 is 0. The molecular weight excluding hydrogens is 396 g/mol. The third kappa shape index (κ3) is 8.74. The Labute approximate surface area is 193 Å². The zero-order valence-electron chi connectivity index (χ0n) is 20.3. The smallest absolute Gasteiger partial charge is 0.306 e. The summed E-state index contributed by atoms with van der Waals surface area (Å²) in [6.45, 7) is 11.3. The number of phenols is 1. The van der Waals surface area contributed by atoms with Gasteiger partial charge in [-0.3, -0.25) is 4.79 Å². The minimum atomic E-state index is -0.220. The maximum Gasteiger partial charge on any atom is 0.306 e. The van der Waals surface area contributed by atoms with E-state index in [0.29, 0.717) is 12.8 Å². The fourth-order valence-corrected chi connectivity index (χ4v) is 3.95. The quantitative estimate of drug-likeness (QED) is 0.325. The Hall–Kier alpha value is -2.81. The lowest BCUT2D eigenvalue weighted by atomic mass is 9.72. The molecule has 0 aliphatic heterocycles. The lowest BCUT2D eigenvalue weighted by Crippen LogP contribution is -2.19. The number of rotatable bonds is 9. The van der Waals surface area contributed by atoms with Crippen molar-refractivity contribution in [3.63, 3.8) is 0 Å². The van der Waals surface area contributed by atoms with Gasteiger partial charge in [-0.1, -0.05) is 73.1 Å². The van der Waals surface area contributed by atoms with Crippen molar-refractivity contribution in [3.05, 3.63) is 88.6 Å². The number of carbonyl (C=O) groups excluding carboxylic acids is 1. The zero-order chi connectivity index (χ0) is 23.6. The molecule has 0 amide bonds. The fraction of sp³-hybridized carbons (Fsp3) is 0.414. The van der Waals surface area contributed by atoms with E-state index in [0.717, 1.165) is 11.1 Å². The Kier molecular flexibility index (Phi) is 9.77. The minimum absolute atomic E-state index is 0.220. The third-order valence-corrected chi connectivity index (χ3v) is 5.98. The van der Waals surface area contributed by atoms with Gasteiger partial charge in [-0.05, 0) is 81.2 Å². The van der Waals surface area contributed by atoms with Gasteiger partial charge in [0.1, 0.15) is 12.4 Å². The van der Waals surface area contributed by atoms with E-state index in [1.54, 1.807) is 12.1 Å². The number of ether oxygens (including phenoxy) is 1. The molecule has 0 aromatic heterocycles. The molecule has 1 aromatic rings. The molecule has 172 valence electrons. The topological polar surface area (TPSA) is 46.5 Å². The van der Waals surface area contributed by atoms with Crippen molar-refractivity contribution >= 4 is 5.97 Å². The molecule has 0 atom stereocenters. The van der Waals surface area contributed by atoms with E-state index in [1.807, 2.05) is 37.3 Å². The second-order valence-corrected chi connectivity index (χ2v) is 9.33. The molecule has 0 saturated heterocycles. The van der Waals surface area contributed by atoms with Gasteiger partial charge < -0.3 is 9.84 Å². The summed E-state index contributed by atoms with van der Waals surface area (Å²) in [5.41, 5.74) is 6.51. The predicted molar refractivity (Wildman–Crippen MR) is 134 cm³/mol. The molecule has 0 saturated carbocycles. The number of allylic oxidation sites excluding steroid dienone is 9. The molecule has 0 unspecified atom stereocenters. The highest BCUT2D eigenvalue weighted by Gasteiger charge is 2.26. The van der Waals surface area contributed by atoms with Crippen LogP contribution in [0.3, 0.4) is 0 Å². The molecule has 1 aromatic carbocycles. The van der Waals surface area contributed by atoms with Crippen LogP contribution >= 0.6 is 0 Å². The molecule has 3 nitrogen and oxygen atoms in total. The first kappa shape index (κ1) is 25.5. The van der Waals surface area contributed by atoms with E-state index in [1.165, 1.54) is 36.0 Å². The van der Waals surface area contributed by atoms with Crippen molar-refractivity contribution in [2.24, 2.45) is 5.41 Å². The molecular formula is C29H38O3. The van der Waals surface area contributed by atoms with Gasteiger partial charge >= 0.3 is 5.97 Å². The lowest BCUT2D eigenvalue weighted by Gasteiger charge is -2.32. The van der Waals surface area contributed by atoms with E-state index in [9.17, 15) is 9.90 Å². The summed E-state index contributed by atoms with van der Waals surface area (Å²) in [6, 6.07) is 6.88. The van der Waals surface area contributed by atoms with Crippen molar-refractivity contribution in [2.45, 2.75) is 66.7 Å². The number of aromatic hydroxyl groups is 1. The molecule has 0 bridgehead atoms. The summed E-state index contributed by atoms with van der Waals surface area (Å²) in [5, 5.41) is 9.29. The van der Waals surface area contributed by atoms with E-state index >= 15 is 0 Å². The zero-order valence-corrected chi connectivity index (χ0v) is 20.3. The number of hydrogen-bond donors (Lipinski definition) is 1. The first-order chi connectivity index (χ1) is 15.2. The SMILES string of the molecule is CC(C=CC1=C(C)CCCC1(C)C)=CC=CC(C)=CCOC(=O)CCc1ccc(O)cc1. The Morgan fingerprint density at radius 3 is 2.53 bits per heavy atom. The van der Waals surface area contributed by atoms with Gasteiger partial charge in [-0.15, -0.1) is 0 Å². The number of hydrogen-bond acceptors (Lipinski definition) is 3. The molecule has 1 N–H and O–H groups in total. The standard InChI is InChI=1S/C29H38O3/c1-22(11-17-27-24(3)10-7-20-29(27,4)5)8-6-9-23(2)19-21-32-28(31)18-14-25-12-15-26(30)16-13-25/h6,8-9,11-13,15-17,19,30H,7,10,14,18,20-21H2,1-5H3. The predicted octanol–water partition coefficient (Wildman–Crippen LogP) is 7.40. The Morgan fingerprint density at radius 2 is 1.84 bits per heavy atom. The highest BCUT2D eigenvalue weighted by atomic mass is 16.5. The largest absolute Gasteiger partial charge is 0.508 e. The van der Waals surface area contributed by atoms with Crippen LogP contribution in [0.15, 0.2) is 83.0 Å². The second kappa shape index (κ2) is 12.3. The average Bonchev–Trinajstić information content (AvgIpc) is 2.72. The van der Waals surface area contributed by atoms with Crippen LogP contribution in [0.5, 0.6) is 5.75 Å². The van der Waals surface area contributed by atoms with Crippen molar-refractivity contribution < 1.29 is 14.6 Å². The van der Waals surface area contributed by atoms with Crippen LogP contribution in [0.4, 0.5) is 0 Å². The molecule has 2 rings (SSSR count). The molecule has 0 spiro atoms. The van der Waals surface area contributed by atoms with Crippen molar-refractivity contribution in [3.8, 4) is 5.75 Å². The number of aryl methyl sites for hydroxylation is 1.